The molecule has 0 unspecified atom stereocenters. The van der Waals surface area contributed by atoms with Crippen molar-refractivity contribution in [3.63, 3.8) is 0 Å². The molecule has 0 aliphatic heterocycles. The van der Waals surface area contributed by atoms with E-state index in [-0.39, 0.29) is 12.1 Å². The van der Waals surface area contributed by atoms with Gasteiger partial charge in [-0.1, -0.05) is 12.1 Å². The van der Waals surface area contributed by atoms with Gasteiger partial charge in [-0.2, -0.15) is 4.41 Å². The van der Waals surface area contributed by atoms with E-state index >= 15 is 0 Å². The predicted molar refractivity (Wildman–Crippen MR) is 97.9 cm³/mol. The first-order valence-electron chi connectivity index (χ1n) is 7.97. The second-order valence-electron chi connectivity index (χ2n) is 5.91. The molecule has 1 heterocycles. The zero-order valence-electron chi connectivity index (χ0n) is 14.7. The van der Waals surface area contributed by atoms with Crippen molar-refractivity contribution in [2.24, 2.45) is 0 Å². The van der Waals surface area contributed by atoms with Gasteiger partial charge in [0.15, 0.2) is 0 Å². The molecule has 1 aromatic heterocycles. The summed E-state index contributed by atoms with van der Waals surface area (Å²) in [6, 6.07) is 11.6. The van der Waals surface area contributed by atoms with Crippen LogP contribution >= 0.6 is 0 Å². The number of aromatic nitrogens is 3. The number of hydroxylamine groups is 1. The maximum absolute atomic E-state index is 13.1. The van der Waals surface area contributed by atoms with E-state index in [1.807, 2.05) is 0 Å². The number of benzene rings is 2. The number of carbonyl (C=O) groups is 1. The van der Waals surface area contributed by atoms with Gasteiger partial charge in [0, 0.05) is 11.1 Å². The molecule has 2 N–H and O–H groups in total. The summed E-state index contributed by atoms with van der Waals surface area (Å²) >= 11 is 0. The molecule has 3 rings (SSSR count). The molecule has 0 fully saturated rings. The first-order chi connectivity index (χ1) is 13.3. The Balaban J connectivity index is 1.87. The summed E-state index contributed by atoms with van der Waals surface area (Å²) in [5.74, 6) is -1.07. The van der Waals surface area contributed by atoms with E-state index in [4.69, 9.17) is 5.21 Å². The zero-order valence-corrected chi connectivity index (χ0v) is 15.5. The molecule has 146 valence electrons. The number of hydrogen-bond acceptors (Lipinski definition) is 6. The third-order valence-corrected chi connectivity index (χ3v) is 4.93. The van der Waals surface area contributed by atoms with E-state index in [0.717, 1.165) is 15.5 Å². The Hall–Kier alpha value is -3.31. The first-order valence-corrected chi connectivity index (χ1v) is 9.82. The highest BCUT2D eigenvalue weighted by Crippen LogP contribution is 2.17. The smallest absolute Gasteiger partial charge is 0.274 e. The van der Waals surface area contributed by atoms with Crippen molar-refractivity contribution in [2.75, 3.05) is 10.7 Å². The SMILES string of the molecule is CS(=O)(=O)N(Cc1ccc(C(=O)NO)cc1)n1cc(-c2ccc(F)cc2)nn1. The van der Waals surface area contributed by atoms with Crippen LogP contribution in [0.2, 0.25) is 0 Å². The Bertz CT molecular complexity index is 1080. The highest BCUT2D eigenvalue weighted by Gasteiger charge is 2.20. The number of amides is 1. The minimum Gasteiger partial charge on any atom is -0.288 e. The van der Waals surface area contributed by atoms with Crippen molar-refractivity contribution < 1.29 is 22.8 Å². The number of rotatable bonds is 6. The summed E-state index contributed by atoms with van der Waals surface area (Å²) in [7, 11) is -3.71. The number of sulfonamides is 1. The predicted octanol–water partition coefficient (Wildman–Crippen LogP) is 1.30. The summed E-state index contributed by atoms with van der Waals surface area (Å²) in [6.07, 6.45) is 2.45. The van der Waals surface area contributed by atoms with Gasteiger partial charge in [0.2, 0.25) is 10.0 Å². The molecule has 1 amide bonds. The summed E-state index contributed by atoms with van der Waals surface area (Å²) in [5.41, 5.74) is 3.29. The lowest BCUT2D eigenvalue weighted by molar-refractivity contribution is 0.0706. The Morgan fingerprint density at radius 1 is 1.18 bits per heavy atom. The van der Waals surface area contributed by atoms with E-state index in [1.54, 1.807) is 12.1 Å². The van der Waals surface area contributed by atoms with Crippen LogP contribution in [0.1, 0.15) is 15.9 Å². The third-order valence-electron chi connectivity index (χ3n) is 3.87. The molecule has 28 heavy (non-hydrogen) atoms. The van der Waals surface area contributed by atoms with Crippen LogP contribution in [0.5, 0.6) is 0 Å². The normalized spacial score (nSPS) is 11.2. The molecular weight excluding hydrogens is 389 g/mol. The average Bonchev–Trinajstić information content (AvgIpc) is 3.15. The lowest BCUT2D eigenvalue weighted by Gasteiger charge is -2.21. The Morgan fingerprint density at radius 2 is 1.82 bits per heavy atom. The van der Waals surface area contributed by atoms with E-state index in [0.29, 0.717) is 16.8 Å². The molecule has 3 aromatic rings. The molecule has 0 aliphatic rings. The van der Waals surface area contributed by atoms with Crippen LogP contribution < -0.4 is 9.89 Å². The molecule has 2 aromatic carbocycles. The summed E-state index contributed by atoms with van der Waals surface area (Å²) in [4.78, 5) is 12.5. The number of hydrogen-bond donors (Lipinski definition) is 2. The number of nitrogens with one attached hydrogen (secondary N) is 1. The van der Waals surface area contributed by atoms with Gasteiger partial charge in [0.1, 0.15) is 11.5 Å². The first kappa shape index (κ1) is 19.5. The Kier molecular flexibility index (Phi) is 5.38. The molecule has 0 saturated heterocycles. The van der Waals surface area contributed by atoms with Crippen molar-refractivity contribution in [3.8, 4) is 11.3 Å². The van der Waals surface area contributed by atoms with Gasteiger partial charge >= 0.3 is 0 Å². The van der Waals surface area contributed by atoms with Crippen molar-refractivity contribution >= 4 is 15.9 Å². The molecule has 0 radical (unpaired) electrons. The molecule has 9 nitrogen and oxygen atoms in total. The van der Waals surface area contributed by atoms with Crippen LogP contribution in [0.15, 0.2) is 54.7 Å². The van der Waals surface area contributed by atoms with E-state index in [2.05, 4.69) is 10.3 Å². The lowest BCUT2D eigenvalue weighted by Crippen LogP contribution is -2.39. The second kappa shape index (κ2) is 7.74. The van der Waals surface area contributed by atoms with Crippen molar-refractivity contribution in [1.29, 1.82) is 0 Å². The summed E-state index contributed by atoms with van der Waals surface area (Å²) < 4.78 is 38.5. The topological polar surface area (TPSA) is 117 Å². The highest BCUT2D eigenvalue weighted by molar-refractivity contribution is 7.91. The van der Waals surface area contributed by atoms with Crippen LogP contribution in [0.25, 0.3) is 11.3 Å². The number of nitrogens with zero attached hydrogens (tertiary/aromatic N) is 4. The minimum absolute atomic E-state index is 0.0634. The van der Waals surface area contributed by atoms with Crippen molar-refractivity contribution in [1.82, 2.24) is 20.6 Å². The largest absolute Gasteiger partial charge is 0.288 e. The molecule has 0 atom stereocenters. The average molecular weight is 405 g/mol. The fourth-order valence-electron chi connectivity index (χ4n) is 2.44. The van der Waals surface area contributed by atoms with Crippen LogP contribution in [0.3, 0.4) is 0 Å². The van der Waals surface area contributed by atoms with Crippen LogP contribution in [-0.2, 0) is 16.6 Å². The minimum atomic E-state index is -3.71. The fraction of sp³-hybridized carbons (Fsp3) is 0.118. The van der Waals surface area contributed by atoms with Crippen LogP contribution in [0, 0.1) is 5.82 Å². The van der Waals surface area contributed by atoms with E-state index < -0.39 is 21.7 Å². The molecule has 0 aliphatic carbocycles. The zero-order chi connectivity index (χ0) is 20.3. The van der Waals surface area contributed by atoms with Gasteiger partial charge in [-0.3, -0.25) is 10.0 Å². The third kappa shape index (κ3) is 4.32. The van der Waals surface area contributed by atoms with Crippen molar-refractivity contribution in [3.05, 3.63) is 71.7 Å². The maximum atomic E-state index is 13.1. The standard InChI is InChI=1S/C17H16FN5O4S/c1-28(26,27)23(10-12-2-4-14(5-3-12)17(24)20-25)22-11-16(19-21-22)13-6-8-15(18)9-7-13/h2-9,11,25H,10H2,1H3,(H,20,24). The van der Waals surface area contributed by atoms with Gasteiger partial charge in [-0.05, 0) is 47.2 Å². The molecule has 0 bridgehead atoms. The summed E-state index contributed by atoms with van der Waals surface area (Å²) in [5, 5.41) is 16.4. The molecule has 11 heteroatoms. The highest BCUT2D eigenvalue weighted by atomic mass is 32.2. The van der Waals surface area contributed by atoms with Gasteiger partial charge in [-0.25, -0.2) is 18.3 Å². The van der Waals surface area contributed by atoms with E-state index in [1.165, 1.54) is 48.1 Å². The second-order valence-corrected chi connectivity index (χ2v) is 7.80. The van der Waals surface area contributed by atoms with Crippen LogP contribution in [0.4, 0.5) is 4.39 Å². The quantitative estimate of drug-likeness (QED) is 0.472. The Morgan fingerprint density at radius 3 is 2.39 bits per heavy atom. The van der Waals surface area contributed by atoms with Gasteiger partial charge in [-0.15, -0.1) is 9.89 Å². The van der Waals surface area contributed by atoms with Gasteiger partial charge in [0.05, 0.1) is 19.0 Å². The molecule has 0 saturated carbocycles. The van der Waals surface area contributed by atoms with Crippen LogP contribution in [-0.4, -0.2) is 40.9 Å². The molecule has 0 spiro atoms. The monoisotopic (exact) mass is 405 g/mol. The van der Waals surface area contributed by atoms with Gasteiger partial charge in [0.25, 0.3) is 5.91 Å². The summed E-state index contributed by atoms with van der Waals surface area (Å²) in [6.45, 7) is -0.0634. The Labute approximate surface area is 160 Å². The lowest BCUT2D eigenvalue weighted by atomic mass is 10.1. The maximum Gasteiger partial charge on any atom is 0.274 e. The van der Waals surface area contributed by atoms with E-state index in [9.17, 15) is 17.6 Å². The fourth-order valence-corrected chi connectivity index (χ4v) is 3.21. The van der Waals surface area contributed by atoms with Crippen molar-refractivity contribution in [2.45, 2.75) is 6.54 Å². The number of halogens is 1. The molecular formula is C17H16FN5O4S. The number of carbonyl (C=O) groups excluding carboxylic acids is 1. The van der Waals surface area contributed by atoms with Gasteiger partial charge < -0.3 is 0 Å².